The molecule has 0 amide bonds. The summed E-state index contributed by atoms with van der Waals surface area (Å²) < 4.78 is 16.0. The number of nitrogens with one attached hydrogen (secondary N) is 1. The van der Waals surface area contributed by atoms with Crippen LogP contribution in [0.5, 0.6) is 0 Å². The molecule has 1 aliphatic heterocycles. The van der Waals surface area contributed by atoms with Crippen LogP contribution in [0.3, 0.4) is 0 Å². The molecule has 0 aromatic heterocycles. The van der Waals surface area contributed by atoms with Gasteiger partial charge in [0.1, 0.15) is 6.79 Å². The lowest BCUT2D eigenvalue weighted by Gasteiger charge is -2.22. The van der Waals surface area contributed by atoms with Crippen molar-refractivity contribution >= 4 is 0 Å². The van der Waals surface area contributed by atoms with Crippen LogP contribution in [-0.2, 0) is 14.2 Å². The van der Waals surface area contributed by atoms with Gasteiger partial charge < -0.3 is 19.5 Å². The Morgan fingerprint density at radius 1 is 1.38 bits per heavy atom. The monoisotopic (exact) mass is 231 g/mol. The minimum absolute atomic E-state index is 0.310. The van der Waals surface area contributed by atoms with Gasteiger partial charge in [-0.25, -0.2) is 0 Å². The van der Waals surface area contributed by atoms with Crippen LogP contribution in [0.4, 0.5) is 0 Å². The van der Waals surface area contributed by atoms with Gasteiger partial charge in [0.05, 0.1) is 19.3 Å². The third-order valence-electron chi connectivity index (χ3n) is 2.61. The highest BCUT2D eigenvalue weighted by molar-refractivity contribution is 4.63. The van der Waals surface area contributed by atoms with Gasteiger partial charge in [-0.3, -0.25) is 0 Å². The van der Waals surface area contributed by atoms with E-state index in [1.54, 1.807) is 0 Å². The van der Waals surface area contributed by atoms with Crippen molar-refractivity contribution in [3.05, 3.63) is 0 Å². The third kappa shape index (κ3) is 7.17. The third-order valence-corrected chi connectivity index (χ3v) is 2.61. The fraction of sp³-hybridized carbons (Fsp3) is 1.00. The summed E-state index contributed by atoms with van der Waals surface area (Å²) in [6.07, 6.45) is 2.44. The molecule has 1 saturated heterocycles. The van der Waals surface area contributed by atoms with E-state index in [1.807, 2.05) is 0 Å². The second-order valence-electron chi connectivity index (χ2n) is 4.60. The van der Waals surface area contributed by atoms with Gasteiger partial charge in [0.15, 0.2) is 0 Å². The molecule has 0 radical (unpaired) electrons. The predicted octanol–water partition coefficient (Wildman–Crippen LogP) is 1.40. The number of hydrogen-bond donors (Lipinski definition) is 1. The van der Waals surface area contributed by atoms with Crippen molar-refractivity contribution < 1.29 is 14.2 Å². The van der Waals surface area contributed by atoms with Gasteiger partial charge in [0, 0.05) is 19.7 Å². The van der Waals surface area contributed by atoms with Crippen molar-refractivity contribution in [3.8, 4) is 0 Å². The summed E-state index contributed by atoms with van der Waals surface area (Å²) in [4.78, 5) is 0. The van der Waals surface area contributed by atoms with Crippen molar-refractivity contribution in [3.63, 3.8) is 0 Å². The van der Waals surface area contributed by atoms with Crippen LogP contribution in [0, 0.1) is 5.92 Å². The molecule has 16 heavy (non-hydrogen) atoms. The summed E-state index contributed by atoms with van der Waals surface area (Å²) in [5.74, 6) is 0.726. The molecule has 1 N–H and O–H groups in total. The fourth-order valence-electron chi connectivity index (χ4n) is 1.49. The number of ether oxygens (including phenoxy) is 3. The Morgan fingerprint density at radius 3 is 2.94 bits per heavy atom. The Morgan fingerprint density at radius 2 is 2.25 bits per heavy atom. The normalized spacial score (nSPS) is 21.6. The van der Waals surface area contributed by atoms with Crippen LogP contribution in [0.1, 0.15) is 26.7 Å². The minimum atomic E-state index is 0.310. The molecule has 0 aromatic rings. The quantitative estimate of drug-likeness (QED) is 0.641. The maximum Gasteiger partial charge on any atom is 0.147 e. The smallest absolute Gasteiger partial charge is 0.147 e. The van der Waals surface area contributed by atoms with E-state index in [4.69, 9.17) is 14.2 Å². The summed E-state index contributed by atoms with van der Waals surface area (Å²) in [5.41, 5.74) is 0. The maximum absolute atomic E-state index is 5.51. The zero-order chi connectivity index (χ0) is 11.6. The van der Waals surface area contributed by atoms with E-state index in [2.05, 4.69) is 19.2 Å². The van der Waals surface area contributed by atoms with Crippen LogP contribution in [-0.4, -0.2) is 45.8 Å². The fourth-order valence-corrected chi connectivity index (χ4v) is 1.49. The van der Waals surface area contributed by atoms with Crippen LogP contribution < -0.4 is 5.32 Å². The highest BCUT2D eigenvalue weighted by Gasteiger charge is 2.12. The summed E-state index contributed by atoms with van der Waals surface area (Å²) in [6.45, 7) is 9.14. The summed E-state index contributed by atoms with van der Waals surface area (Å²) in [7, 11) is 0. The molecule has 1 aliphatic rings. The molecule has 0 bridgehead atoms. The van der Waals surface area contributed by atoms with Gasteiger partial charge in [-0.05, 0) is 18.8 Å². The lowest BCUT2D eigenvalue weighted by Crippen LogP contribution is -2.35. The number of rotatable bonds is 8. The average molecular weight is 231 g/mol. The highest BCUT2D eigenvalue weighted by atomic mass is 16.7. The standard InChI is InChI=1S/C12H25NO3/c1-11(2)3-6-14-8-5-13-9-12-4-7-15-10-16-12/h11-13H,3-10H2,1-2H3. The van der Waals surface area contributed by atoms with Gasteiger partial charge in [-0.15, -0.1) is 0 Å². The predicted molar refractivity (Wildman–Crippen MR) is 63.5 cm³/mol. The van der Waals surface area contributed by atoms with Crippen LogP contribution >= 0.6 is 0 Å². The van der Waals surface area contributed by atoms with Crippen molar-refractivity contribution in [2.45, 2.75) is 32.8 Å². The molecule has 0 saturated carbocycles. The molecule has 0 aromatic carbocycles. The molecule has 1 fully saturated rings. The largest absolute Gasteiger partial charge is 0.380 e. The van der Waals surface area contributed by atoms with E-state index in [1.165, 1.54) is 0 Å². The molecular weight excluding hydrogens is 206 g/mol. The summed E-state index contributed by atoms with van der Waals surface area (Å²) >= 11 is 0. The van der Waals surface area contributed by atoms with Gasteiger partial charge in [-0.2, -0.15) is 0 Å². The first-order valence-electron chi connectivity index (χ1n) is 6.27. The van der Waals surface area contributed by atoms with Crippen LogP contribution in [0.25, 0.3) is 0 Å². The lowest BCUT2D eigenvalue weighted by atomic mass is 10.1. The van der Waals surface area contributed by atoms with E-state index in [0.29, 0.717) is 12.9 Å². The Hall–Kier alpha value is -0.160. The first kappa shape index (κ1) is 13.9. The first-order chi connectivity index (χ1) is 7.79. The Balaban J connectivity index is 1.80. The van der Waals surface area contributed by atoms with Crippen molar-refractivity contribution in [1.29, 1.82) is 0 Å². The SMILES string of the molecule is CC(C)CCOCCNCC1CCOCO1. The first-order valence-corrected chi connectivity index (χ1v) is 6.27. The molecule has 0 aliphatic carbocycles. The van der Waals surface area contributed by atoms with Crippen molar-refractivity contribution in [2.75, 3.05) is 39.7 Å². The maximum atomic E-state index is 5.51. The molecule has 96 valence electrons. The Kier molecular flexibility index (Phi) is 7.76. The van der Waals surface area contributed by atoms with Gasteiger partial charge >= 0.3 is 0 Å². The molecule has 1 unspecified atom stereocenters. The molecule has 1 atom stereocenters. The van der Waals surface area contributed by atoms with E-state index in [0.717, 1.165) is 51.7 Å². The molecule has 4 heteroatoms. The zero-order valence-corrected chi connectivity index (χ0v) is 10.5. The van der Waals surface area contributed by atoms with E-state index in [-0.39, 0.29) is 0 Å². The molecular formula is C12H25NO3. The topological polar surface area (TPSA) is 39.7 Å². The van der Waals surface area contributed by atoms with Crippen molar-refractivity contribution in [2.24, 2.45) is 5.92 Å². The average Bonchev–Trinajstić information content (AvgIpc) is 2.29. The Labute approximate surface area is 98.6 Å². The van der Waals surface area contributed by atoms with E-state index < -0.39 is 0 Å². The number of hydrogen-bond acceptors (Lipinski definition) is 4. The summed E-state index contributed by atoms with van der Waals surface area (Å²) in [6, 6.07) is 0. The van der Waals surface area contributed by atoms with Crippen molar-refractivity contribution in [1.82, 2.24) is 5.32 Å². The molecule has 0 spiro atoms. The minimum Gasteiger partial charge on any atom is -0.380 e. The van der Waals surface area contributed by atoms with Crippen LogP contribution in [0.15, 0.2) is 0 Å². The van der Waals surface area contributed by atoms with E-state index in [9.17, 15) is 0 Å². The van der Waals surface area contributed by atoms with Gasteiger partial charge in [0.2, 0.25) is 0 Å². The Bertz CT molecular complexity index is 158. The zero-order valence-electron chi connectivity index (χ0n) is 10.5. The van der Waals surface area contributed by atoms with Gasteiger partial charge in [-0.1, -0.05) is 13.8 Å². The van der Waals surface area contributed by atoms with Crippen LogP contribution in [0.2, 0.25) is 0 Å². The molecule has 1 heterocycles. The highest BCUT2D eigenvalue weighted by Crippen LogP contribution is 2.04. The molecule has 4 nitrogen and oxygen atoms in total. The van der Waals surface area contributed by atoms with E-state index >= 15 is 0 Å². The molecule has 1 rings (SSSR count). The summed E-state index contributed by atoms with van der Waals surface area (Å²) in [5, 5.41) is 3.34. The second-order valence-corrected chi connectivity index (χ2v) is 4.60. The second kappa shape index (κ2) is 8.93. The lowest BCUT2D eigenvalue weighted by molar-refractivity contribution is -0.137. The van der Waals surface area contributed by atoms with Gasteiger partial charge in [0.25, 0.3) is 0 Å².